The summed E-state index contributed by atoms with van der Waals surface area (Å²) >= 11 is 0. The van der Waals surface area contributed by atoms with Gasteiger partial charge in [0, 0.05) is 0 Å². The Morgan fingerprint density at radius 3 is 1.93 bits per heavy atom. The second-order valence-corrected chi connectivity index (χ2v) is 8.00. The fraction of sp³-hybridized carbons (Fsp3) is 0.826. The van der Waals surface area contributed by atoms with Gasteiger partial charge in [0.05, 0.1) is 12.7 Å². The zero-order valence-corrected chi connectivity index (χ0v) is 18.8. The van der Waals surface area contributed by atoms with E-state index >= 15 is 0 Å². The van der Waals surface area contributed by atoms with Crippen LogP contribution in [-0.4, -0.2) is 58.0 Å². The zero-order chi connectivity index (χ0) is 22.8. The van der Waals surface area contributed by atoms with Crippen LogP contribution in [-0.2, 0) is 14.3 Å². The maximum atomic E-state index is 12.3. The van der Waals surface area contributed by atoms with Crippen molar-refractivity contribution in [2.75, 3.05) is 6.61 Å². The third kappa shape index (κ3) is 13.9. The number of carboxylic acids is 1. The maximum absolute atomic E-state index is 12.3. The van der Waals surface area contributed by atoms with Crippen molar-refractivity contribution in [3.8, 4) is 0 Å². The molecule has 0 heterocycles. The highest BCUT2D eigenvalue weighted by Gasteiger charge is 2.31. The first kappa shape index (κ1) is 28.7. The van der Waals surface area contributed by atoms with Crippen molar-refractivity contribution < 1.29 is 29.6 Å². The van der Waals surface area contributed by atoms with Gasteiger partial charge in [0.2, 0.25) is 0 Å². The van der Waals surface area contributed by atoms with Gasteiger partial charge in [0.25, 0.3) is 0 Å². The van der Waals surface area contributed by atoms with E-state index in [-0.39, 0.29) is 0 Å². The van der Waals surface area contributed by atoms with Crippen LogP contribution in [0.25, 0.3) is 0 Å². The van der Waals surface area contributed by atoms with Crippen molar-refractivity contribution in [1.29, 1.82) is 0 Å². The first-order chi connectivity index (χ1) is 14.3. The molecule has 0 rings (SSSR count). The monoisotopic (exact) mass is 429 g/mol. The molecule has 30 heavy (non-hydrogen) atoms. The quantitative estimate of drug-likeness (QED) is 0.172. The Hall–Kier alpha value is -1.28. The van der Waals surface area contributed by atoms with Gasteiger partial charge in [0.15, 0.2) is 5.78 Å². The molecule has 5 N–H and O–H groups in total. The second kappa shape index (κ2) is 18.5. The summed E-state index contributed by atoms with van der Waals surface area (Å²) in [6, 6.07) is -1.33. The third-order valence-corrected chi connectivity index (χ3v) is 5.23. The largest absolute Gasteiger partial charge is 0.480 e. The number of ether oxygens (including phenoxy) is 1. The molecule has 0 aliphatic carbocycles. The number of aliphatic hydroxyl groups excluding tert-OH is 2. The molecular formula is C23H43NO6. The predicted molar refractivity (Wildman–Crippen MR) is 118 cm³/mol. The van der Waals surface area contributed by atoms with Gasteiger partial charge in [-0.1, -0.05) is 77.2 Å². The molecule has 0 saturated carbocycles. The van der Waals surface area contributed by atoms with E-state index in [1.807, 2.05) is 0 Å². The molecule has 0 spiro atoms. The molecule has 0 aromatic heterocycles. The van der Waals surface area contributed by atoms with E-state index in [1.165, 1.54) is 70.8 Å². The van der Waals surface area contributed by atoms with Crippen LogP contribution in [0.1, 0.15) is 90.9 Å². The van der Waals surface area contributed by atoms with Gasteiger partial charge >= 0.3 is 5.97 Å². The topological polar surface area (TPSA) is 130 Å². The number of unbranched alkanes of at least 4 members (excludes halogenated alkanes) is 11. The van der Waals surface area contributed by atoms with E-state index in [1.54, 1.807) is 6.08 Å². The Bertz CT molecular complexity index is 482. The van der Waals surface area contributed by atoms with E-state index in [0.717, 1.165) is 19.3 Å². The van der Waals surface area contributed by atoms with Crippen LogP contribution < -0.4 is 5.73 Å². The van der Waals surface area contributed by atoms with Gasteiger partial charge in [-0.15, -0.1) is 0 Å². The summed E-state index contributed by atoms with van der Waals surface area (Å²) in [5, 5.41) is 27.9. The summed E-state index contributed by atoms with van der Waals surface area (Å²) in [7, 11) is 0. The van der Waals surface area contributed by atoms with Crippen molar-refractivity contribution in [2.45, 2.75) is 115 Å². The number of aliphatic carboxylic acids is 1. The number of hydrogen-bond acceptors (Lipinski definition) is 6. The molecule has 0 aromatic rings. The Labute approximate surface area is 181 Å². The number of allylic oxidation sites excluding steroid dienone is 1. The molecular weight excluding hydrogens is 386 g/mol. The third-order valence-electron chi connectivity index (χ3n) is 5.23. The summed E-state index contributed by atoms with van der Waals surface area (Å²) in [4.78, 5) is 23.2. The highest BCUT2D eigenvalue weighted by Crippen LogP contribution is 2.13. The van der Waals surface area contributed by atoms with Crippen LogP contribution in [0.5, 0.6) is 0 Å². The maximum Gasteiger partial charge on any atom is 0.323 e. The van der Waals surface area contributed by atoms with Crippen molar-refractivity contribution in [1.82, 2.24) is 0 Å². The van der Waals surface area contributed by atoms with Crippen LogP contribution in [0.4, 0.5) is 0 Å². The van der Waals surface area contributed by atoms with Gasteiger partial charge in [-0.2, -0.15) is 0 Å². The Kier molecular flexibility index (Phi) is 17.7. The molecule has 0 radical (unpaired) electrons. The second-order valence-electron chi connectivity index (χ2n) is 8.00. The van der Waals surface area contributed by atoms with E-state index < -0.39 is 42.7 Å². The fourth-order valence-electron chi connectivity index (χ4n) is 3.18. The molecule has 7 nitrogen and oxygen atoms in total. The average Bonchev–Trinajstić information content (AvgIpc) is 2.73. The summed E-state index contributed by atoms with van der Waals surface area (Å²) in [5.74, 6) is -1.77. The lowest BCUT2D eigenvalue weighted by atomic mass is 10.0. The number of carbonyl (C=O) groups excluding carboxylic acids is 1. The molecule has 176 valence electrons. The van der Waals surface area contributed by atoms with Crippen molar-refractivity contribution in [2.24, 2.45) is 5.73 Å². The predicted octanol–water partition coefficient (Wildman–Crippen LogP) is 3.35. The number of ketones is 1. The summed E-state index contributed by atoms with van der Waals surface area (Å²) in [6.45, 7) is 2.98. The van der Waals surface area contributed by atoms with E-state index in [4.69, 9.17) is 20.7 Å². The Morgan fingerprint density at radius 1 is 0.967 bits per heavy atom. The molecule has 0 aromatic carbocycles. The normalized spacial score (nSPS) is 15.8. The number of carbonyl (C=O) groups is 2. The molecule has 0 aliphatic rings. The minimum absolute atomic E-state index is 0.510. The summed E-state index contributed by atoms with van der Waals surface area (Å²) < 4.78 is 5.34. The van der Waals surface area contributed by atoms with Gasteiger partial charge in [-0.05, 0) is 25.8 Å². The lowest BCUT2D eigenvalue weighted by molar-refractivity contribution is -0.153. The van der Waals surface area contributed by atoms with E-state index in [9.17, 15) is 14.7 Å². The van der Waals surface area contributed by atoms with Gasteiger partial charge in [0.1, 0.15) is 18.2 Å². The molecule has 0 aliphatic heterocycles. The lowest BCUT2D eigenvalue weighted by Gasteiger charge is -2.25. The van der Waals surface area contributed by atoms with Crippen molar-refractivity contribution in [3.05, 3.63) is 12.2 Å². The number of hydrogen-bond donors (Lipinski definition) is 4. The SMILES string of the molecule is CCCCCCCCCCCCCC=CC(=O)C(O[C@H](C)[C@H](N)C(=O)O)C(O)CO. The molecule has 2 unspecified atom stereocenters. The van der Waals surface area contributed by atoms with Crippen molar-refractivity contribution in [3.63, 3.8) is 0 Å². The first-order valence-electron chi connectivity index (χ1n) is 11.5. The van der Waals surface area contributed by atoms with E-state index in [0.29, 0.717) is 0 Å². The molecule has 7 heteroatoms. The van der Waals surface area contributed by atoms with Gasteiger partial charge in [-0.3, -0.25) is 9.59 Å². The molecule has 0 saturated heterocycles. The van der Waals surface area contributed by atoms with Gasteiger partial charge in [-0.25, -0.2) is 0 Å². The number of carboxylic acid groups (broad SMARTS) is 1. The Morgan fingerprint density at radius 2 is 1.47 bits per heavy atom. The fourth-order valence-corrected chi connectivity index (χ4v) is 3.18. The first-order valence-corrected chi connectivity index (χ1v) is 11.5. The molecule has 0 bridgehead atoms. The molecule has 0 amide bonds. The highest BCUT2D eigenvalue weighted by molar-refractivity contribution is 5.94. The van der Waals surface area contributed by atoms with Crippen LogP contribution >= 0.6 is 0 Å². The Balaban J connectivity index is 4.07. The van der Waals surface area contributed by atoms with Crippen molar-refractivity contribution >= 4 is 11.8 Å². The summed E-state index contributed by atoms with van der Waals surface area (Å²) in [5.41, 5.74) is 5.48. The van der Waals surface area contributed by atoms with Crippen LogP contribution in [0.2, 0.25) is 0 Å². The zero-order valence-electron chi connectivity index (χ0n) is 18.8. The number of nitrogens with two attached hydrogens (primary N) is 1. The highest BCUT2D eigenvalue weighted by atomic mass is 16.5. The smallest absolute Gasteiger partial charge is 0.323 e. The standard InChI is InChI=1S/C23H43NO6/c1-3-4-5-6-7-8-9-10-11-12-13-14-15-16-19(26)22(20(27)17-25)30-18(2)21(24)23(28)29/h15-16,18,20-22,25,27H,3-14,17,24H2,1-2H3,(H,28,29)/t18-,20?,21+,22?/m1/s1. The van der Waals surface area contributed by atoms with Crippen LogP contribution in [0.15, 0.2) is 12.2 Å². The minimum Gasteiger partial charge on any atom is -0.480 e. The number of aliphatic hydroxyl groups is 2. The van der Waals surface area contributed by atoms with Gasteiger partial charge < -0.3 is 25.8 Å². The molecule has 0 fully saturated rings. The van der Waals surface area contributed by atoms with Crippen LogP contribution in [0, 0.1) is 0 Å². The van der Waals surface area contributed by atoms with Crippen LogP contribution in [0.3, 0.4) is 0 Å². The lowest BCUT2D eigenvalue weighted by Crippen LogP contribution is -2.48. The average molecular weight is 430 g/mol. The molecule has 4 atom stereocenters. The minimum atomic E-state index is -1.44. The number of rotatable bonds is 20. The summed E-state index contributed by atoms with van der Waals surface area (Å²) in [6.07, 6.45) is 13.8. The van der Waals surface area contributed by atoms with E-state index in [2.05, 4.69) is 6.92 Å².